The van der Waals surface area contributed by atoms with Crippen LogP contribution in [0.25, 0.3) is 6.08 Å². The van der Waals surface area contributed by atoms with Crippen LogP contribution in [0.4, 0.5) is 4.39 Å². The van der Waals surface area contributed by atoms with Crippen molar-refractivity contribution in [2.75, 3.05) is 13.7 Å². The third kappa shape index (κ3) is 5.01. The maximum absolute atomic E-state index is 13.2. The Kier molecular flexibility index (Phi) is 6.18. The maximum atomic E-state index is 13.2. The number of methoxy groups -OCH3 is 1. The molecule has 0 bridgehead atoms. The molecule has 1 atom stereocenters. The minimum atomic E-state index is -0.571. The van der Waals surface area contributed by atoms with Gasteiger partial charge in [0.2, 0.25) is 5.91 Å². The maximum Gasteiger partial charge on any atom is 0.244 e. The standard InChI is InChI=1S/C15H20FNO3/c1-10(2)13(18)9-17-15(19)7-5-11-4-6-12(16)14(8-11)20-3/h4-8,10,13,18H,9H2,1-3H3,(H,17,19)/b7-5+. The van der Waals surface area contributed by atoms with E-state index >= 15 is 0 Å². The Bertz CT molecular complexity index is 486. The second-order valence-corrected chi connectivity index (χ2v) is 4.78. The summed E-state index contributed by atoms with van der Waals surface area (Å²) in [7, 11) is 1.38. The van der Waals surface area contributed by atoms with Gasteiger partial charge in [0.15, 0.2) is 11.6 Å². The van der Waals surface area contributed by atoms with Crippen LogP contribution in [0.2, 0.25) is 0 Å². The van der Waals surface area contributed by atoms with E-state index in [0.29, 0.717) is 5.56 Å². The van der Waals surface area contributed by atoms with Gasteiger partial charge in [-0.3, -0.25) is 4.79 Å². The molecule has 0 aromatic heterocycles. The summed E-state index contributed by atoms with van der Waals surface area (Å²) in [6.07, 6.45) is 2.32. The molecular formula is C15H20FNO3. The van der Waals surface area contributed by atoms with Crippen LogP contribution >= 0.6 is 0 Å². The van der Waals surface area contributed by atoms with Crippen molar-refractivity contribution < 1.29 is 19.0 Å². The van der Waals surface area contributed by atoms with Crippen LogP contribution in [-0.2, 0) is 4.79 Å². The molecule has 1 unspecified atom stereocenters. The average Bonchev–Trinajstić information content (AvgIpc) is 2.43. The van der Waals surface area contributed by atoms with Crippen molar-refractivity contribution in [1.82, 2.24) is 5.32 Å². The second-order valence-electron chi connectivity index (χ2n) is 4.78. The SMILES string of the molecule is COc1cc(/C=C/C(=O)NCC(O)C(C)C)ccc1F. The van der Waals surface area contributed by atoms with Crippen LogP contribution in [0.3, 0.4) is 0 Å². The molecule has 0 saturated heterocycles. The first-order valence-corrected chi connectivity index (χ1v) is 6.41. The summed E-state index contributed by atoms with van der Waals surface area (Å²) in [5.74, 6) is -0.550. The second kappa shape index (κ2) is 7.65. The van der Waals surface area contributed by atoms with Gasteiger partial charge in [0.05, 0.1) is 13.2 Å². The normalized spacial score (nSPS) is 12.7. The van der Waals surface area contributed by atoms with E-state index in [4.69, 9.17) is 4.74 Å². The Balaban J connectivity index is 2.57. The largest absolute Gasteiger partial charge is 0.494 e. The summed E-state index contributed by atoms with van der Waals surface area (Å²) in [6.45, 7) is 3.95. The molecular weight excluding hydrogens is 261 g/mol. The lowest BCUT2D eigenvalue weighted by atomic mass is 10.1. The number of amides is 1. The molecule has 0 fully saturated rings. The number of hydrogen-bond donors (Lipinski definition) is 2. The van der Waals surface area contributed by atoms with Gasteiger partial charge >= 0.3 is 0 Å². The lowest BCUT2D eigenvalue weighted by Crippen LogP contribution is -2.33. The Morgan fingerprint density at radius 1 is 1.50 bits per heavy atom. The Labute approximate surface area is 118 Å². The third-order valence-corrected chi connectivity index (χ3v) is 2.86. The van der Waals surface area contributed by atoms with Crippen molar-refractivity contribution >= 4 is 12.0 Å². The fourth-order valence-electron chi connectivity index (χ4n) is 1.45. The van der Waals surface area contributed by atoms with Crippen LogP contribution in [-0.4, -0.2) is 30.8 Å². The third-order valence-electron chi connectivity index (χ3n) is 2.86. The number of nitrogens with one attached hydrogen (secondary N) is 1. The zero-order chi connectivity index (χ0) is 15.1. The number of aliphatic hydroxyl groups excluding tert-OH is 1. The number of ether oxygens (including phenoxy) is 1. The number of rotatable bonds is 6. The van der Waals surface area contributed by atoms with Gasteiger partial charge in [-0.15, -0.1) is 0 Å². The summed E-state index contributed by atoms with van der Waals surface area (Å²) >= 11 is 0. The van der Waals surface area contributed by atoms with Crippen molar-refractivity contribution in [3.8, 4) is 5.75 Å². The van der Waals surface area contributed by atoms with Gasteiger partial charge in [0, 0.05) is 12.6 Å². The fourth-order valence-corrected chi connectivity index (χ4v) is 1.45. The molecule has 110 valence electrons. The minimum Gasteiger partial charge on any atom is -0.494 e. The van der Waals surface area contributed by atoms with Crippen molar-refractivity contribution in [3.63, 3.8) is 0 Å². The van der Waals surface area contributed by atoms with Crippen molar-refractivity contribution in [1.29, 1.82) is 0 Å². The van der Waals surface area contributed by atoms with Crippen LogP contribution in [0.1, 0.15) is 19.4 Å². The molecule has 20 heavy (non-hydrogen) atoms. The summed E-state index contributed by atoms with van der Waals surface area (Å²) < 4.78 is 18.1. The van der Waals surface area contributed by atoms with Crippen LogP contribution in [0, 0.1) is 11.7 Å². The van der Waals surface area contributed by atoms with Gasteiger partial charge in [0.25, 0.3) is 0 Å². The Morgan fingerprint density at radius 2 is 2.20 bits per heavy atom. The predicted molar refractivity (Wildman–Crippen MR) is 75.8 cm³/mol. The smallest absolute Gasteiger partial charge is 0.244 e. The zero-order valence-corrected chi connectivity index (χ0v) is 11.9. The summed E-state index contributed by atoms with van der Waals surface area (Å²) in [5.41, 5.74) is 0.655. The molecule has 0 spiro atoms. The average molecular weight is 281 g/mol. The zero-order valence-electron chi connectivity index (χ0n) is 11.9. The number of hydrogen-bond acceptors (Lipinski definition) is 3. The van der Waals surface area contributed by atoms with E-state index in [0.717, 1.165) is 0 Å². The van der Waals surface area contributed by atoms with Crippen molar-refractivity contribution in [2.45, 2.75) is 20.0 Å². The van der Waals surface area contributed by atoms with E-state index in [1.54, 1.807) is 12.1 Å². The number of aliphatic hydroxyl groups is 1. The molecule has 5 heteroatoms. The number of carbonyl (C=O) groups excluding carboxylic acids is 1. The van der Waals surface area contributed by atoms with Gasteiger partial charge in [-0.25, -0.2) is 4.39 Å². The number of benzene rings is 1. The predicted octanol–water partition coefficient (Wildman–Crippen LogP) is 1.98. The van der Waals surface area contributed by atoms with E-state index in [2.05, 4.69) is 5.32 Å². The quantitative estimate of drug-likeness (QED) is 0.784. The van der Waals surface area contributed by atoms with E-state index in [9.17, 15) is 14.3 Å². The van der Waals surface area contributed by atoms with Crippen molar-refractivity contribution in [2.24, 2.45) is 5.92 Å². The van der Waals surface area contributed by atoms with Gasteiger partial charge in [-0.05, 0) is 29.7 Å². The highest BCUT2D eigenvalue weighted by Crippen LogP contribution is 2.18. The van der Waals surface area contributed by atoms with E-state index in [-0.39, 0.29) is 24.1 Å². The van der Waals surface area contributed by atoms with Crippen LogP contribution < -0.4 is 10.1 Å². The highest BCUT2D eigenvalue weighted by Gasteiger charge is 2.09. The van der Waals surface area contributed by atoms with Gasteiger partial charge < -0.3 is 15.2 Å². The highest BCUT2D eigenvalue weighted by atomic mass is 19.1. The molecule has 0 radical (unpaired) electrons. The molecule has 1 aromatic rings. The monoisotopic (exact) mass is 281 g/mol. The number of halogens is 1. The Hall–Kier alpha value is -1.88. The molecule has 1 aromatic carbocycles. The van der Waals surface area contributed by atoms with Gasteiger partial charge in [0.1, 0.15) is 0 Å². The molecule has 2 N–H and O–H groups in total. The molecule has 0 aliphatic carbocycles. The Morgan fingerprint density at radius 3 is 2.80 bits per heavy atom. The first-order chi connectivity index (χ1) is 9.43. The topological polar surface area (TPSA) is 58.6 Å². The summed E-state index contributed by atoms with van der Waals surface area (Å²) in [5, 5.41) is 12.2. The fraction of sp³-hybridized carbons (Fsp3) is 0.400. The molecule has 0 aliphatic heterocycles. The molecule has 0 aliphatic rings. The summed E-state index contributed by atoms with van der Waals surface area (Å²) in [6, 6.07) is 4.33. The molecule has 1 rings (SSSR count). The molecule has 1 amide bonds. The van der Waals surface area contributed by atoms with E-state index in [1.165, 1.54) is 25.3 Å². The lowest BCUT2D eigenvalue weighted by molar-refractivity contribution is -0.117. The highest BCUT2D eigenvalue weighted by molar-refractivity contribution is 5.91. The van der Waals surface area contributed by atoms with Crippen molar-refractivity contribution in [3.05, 3.63) is 35.7 Å². The lowest BCUT2D eigenvalue weighted by Gasteiger charge is -2.14. The van der Waals surface area contributed by atoms with E-state index in [1.807, 2.05) is 13.8 Å². The van der Waals surface area contributed by atoms with Crippen LogP contribution in [0.15, 0.2) is 24.3 Å². The number of carbonyl (C=O) groups is 1. The van der Waals surface area contributed by atoms with Gasteiger partial charge in [-0.1, -0.05) is 19.9 Å². The summed E-state index contributed by atoms with van der Waals surface area (Å²) in [4.78, 5) is 11.6. The molecule has 0 heterocycles. The molecule has 4 nitrogen and oxygen atoms in total. The van der Waals surface area contributed by atoms with Crippen LogP contribution in [0.5, 0.6) is 5.75 Å². The van der Waals surface area contributed by atoms with Gasteiger partial charge in [-0.2, -0.15) is 0 Å². The van der Waals surface area contributed by atoms with E-state index < -0.39 is 11.9 Å². The first-order valence-electron chi connectivity index (χ1n) is 6.41. The minimum absolute atomic E-state index is 0.0839. The molecule has 0 saturated carbocycles. The first kappa shape index (κ1) is 16.2.